The van der Waals surface area contributed by atoms with E-state index in [0.29, 0.717) is 36.8 Å². The van der Waals surface area contributed by atoms with Crippen LogP contribution in [0.25, 0.3) is 0 Å². The number of halogens is 2. The molecule has 4 saturated carbocycles. The van der Waals surface area contributed by atoms with Crippen molar-refractivity contribution in [3.8, 4) is 0 Å². The molecule has 6 nitrogen and oxygen atoms in total. The summed E-state index contributed by atoms with van der Waals surface area (Å²) in [6, 6.07) is -0.845. The number of hydrogen-bond donors (Lipinski definition) is 2. The van der Waals surface area contributed by atoms with E-state index in [1.807, 2.05) is 6.92 Å². The van der Waals surface area contributed by atoms with Crippen molar-refractivity contribution in [3.05, 3.63) is 0 Å². The molecule has 10 heteroatoms. The van der Waals surface area contributed by atoms with Gasteiger partial charge in [-0.2, -0.15) is 0 Å². The normalized spacial score (nSPS) is 46.3. The van der Waals surface area contributed by atoms with E-state index in [0.717, 1.165) is 25.7 Å². The van der Waals surface area contributed by atoms with Crippen LogP contribution in [0.3, 0.4) is 0 Å². The number of carboxylic acid groups (broad SMARTS) is 1. The second-order valence-electron chi connectivity index (χ2n) is 13.4. The number of carboxylic acids is 1. The van der Waals surface area contributed by atoms with Gasteiger partial charge in [0.05, 0.1) is 24.0 Å². The molecule has 0 aromatic heterocycles. The molecule has 0 bridgehead atoms. The Labute approximate surface area is 251 Å². The number of rotatable bonds is 5. The maximum absolute atomic E-state index is 14.7. The van der Waals surface area contributed by atoms with E-state index in [2.05, 4.69) is 13.8 Å². The van der Waals surface area contributed by atoms with E-state index in [9.17, 15) is 33.7 Å². The molecule has 0 aromatic carbocycles. The van der Waals surface area contributed by atoms with E-state index >= 15 is 0 Å². The van der Waals surface area contributed by atoms with E-state index in [-0.39, 0.29) is 83.3 Å². The van der Waals surface area contributed by atoms with Gasteiger partial charge in [0.15, 0.2) is 0 Å². The smallest absolute Gasteiger partial charge is 0.548 e. The molecule has 210 valence electrons. The van der Waals surface area contributed by atoms with Crippen LogP contribution in [0.5, 0.6) is 0 Å². The topological polar surface area (TPSA) is 101 Å². The van der Waals surface area contributed by atoms with Gasteiger partial charge in [0.25, 0.3) is 5.92 Å². The first-order chi connectivity index (χ1) is 17.3. The third kappa shape index (κ3) is 5.01. The van der Waals surface area contributed by atoms with Gasteiger partial charge < -0.3 is 25.0 Å². The van der Waals surface area contributed by atoms with Crippen LogP contribution in [0.4, 0.5) is 8.78 Å². The van der Waals surface area contributed by atoms with Crippen molar-refractivity contribution in [3.63, 3.8) is 0 Å². The summed E-state index contributed by atoms with van der Waals surface area (Å²) in [5.41, 5.74) is -0.588. The number of carbonyl (C=O) groups excluding carboxylic acids is 2. The Kier molecular flexibility index (Phi) is 9.02. The van der Waals surface area contributed by atoms with E-state index in [4.69, 9.17) is 0 Å². The van der Waals surface area contributed by atoms with Crippen molar-refractivity contribution in [1.82, 2.24) is 4.90 Å². The van der Waals surface area contributed by atoms with Crippen LogP contribution in [0.2, 0.25) is 0 Å². The minimum Gasteiger partial charge on any atom is -0.548 e. The van der Waals surface area contributed by atoms with Crippen LogP contribution in [-0.2, 0) is 9.59 Å². The minimum absolute atomic E-state index is 0. The third-order valence-corrected chi connectivity index (χ3v) is 12.8. The SMILES string of the molecule is C[C@H](CCC(=O)N1CSCC1C(=O)[O-])[C@H]1CCC2C3C(CC[C@@]21C)[C@@]1(C)CC(F)(F)[C@H](O)C[C@H]1C[C@@H]3O.[Na+]. The van der Waals surface area contributed by atoms with Crippen LogP contribution >= 0.6 is 11.8 Å². The zero-order chi connectivity index (χ0) is 26.9. The Balaban J connectivity index is 0.00000336. The predicted molar refractivity (Wildman–Crippen MR) is 134 cm³/mol. The summed E-state index contributed by atoms with van der Waals surface area (Å²) < 4.78 is 29.5. The largest absolute Gasteiger partial charge is 1.00 e. The number of aliphatic carboxylic acids is 1. The number of fused-ring (bicyclic) bond motifs is 5. The monoisotopic (exact) mass is 565 g/mol. The number of carbonyl (C=O) groups is 2. The zero-order valence-electron chi connectivity index (χ0n) is 23.2. The van der Waals surface area contributed by atoms with Crippen LogP contribution < -0.4 is 34.7 Å². The first-order valence-electron chi connectivity index (χ1n) is 14.1. The van der Waals surface area contributed by atoms with Crippen LogP contribution in [0.1, 0.15) is 78.6 Å². The second kappa shape index (κ2) is 11.0. The maximum atomic E-state index is 14.7. The Morgan fingerprint density at radius 2 is 1.79 bits per heavy atom. The first-order valence-corrected chi connectivity index (χ1v) is 15.3. The van der Waals surface area contributed by atoms with Gasteiger partial charge in [-0.15, -0.1) is 11.8 Å². The summed E-state index contributed by atoms with van der Waals surface area (Å²) in [4.78, 5) is 25.6. The molecular weight excluding hydrogens is 523 g/mol. The molecule has 5 fully saturated rings. The van der Waals surface area contributed by atoms with E-state index < -0.39 is 35.6 Å². The Morgan fingerprint density at radius 1 is 1.11 bits per heavy atom. The third-order valence-electron chi connectivity index (χ3n) is 11.7. The van der Waals surface area contributed by atoms with Gasteiger partial charge in [0.1, 0.15) is 6.10 Å². The molecule has 5 rings (SSSR count). The van der Waals surface area contributed by atoms with Gasteiger partial charge in [0, 0.05) is 18.6 Å². The van der Waals surface area contributed by atoms with Crippen LogP contribution in [-0.4, -0.2) is 62.8 Å². The standard InChI is InChI=1S/C28H43F2NO5S.Na/c1-15(4-7-23(34)31-14-37-12-20(31)25(35)36)17-5-6-18-24-19(8-9-26(17,18)2)27(3)13-28(29,30)22(33)11-16(27)10-21(24)32;/h15-22,24,32-33H,4-14H2,1-3H3,(H,35,36);/q;+1/p-1/t15-,16-,17-,18?,19?,20?,21+,22-,24?,26-,27+;/m1./s1. The quantitative estimate of drug-likeness (QED) is 0.465. The fourth-order valence-electron chi connectivity index (χ4n) is 9.78. The number of alkyl halides is 2. The van der Waals surface area contributed by atoms with Gasteiger partial charge in [-0.3, -0.25) is 4.79 Å². The number of hydrogen-bond acceptors (Lipinski definition) is 6. The van der Waals surface area contributed by atoms with Gasteiger partial charge >= 0.3 is 29.6 Å². The Hall–Kier alpha value is 0.0700. The van der Waals surface area contributed by atoms with Crippen molar-refractivity contribution in [2.75, 3.05) is 11.6 Å². The van der Waals surface area contributed by atoms with Gasteiger partial charge in [-0.25, -0.2) is 8.78 Å². The summed E-state index contributed by atoms with van der Waals surface area (Å²) in [7, 11) is 0. The summed E-state index contributed by atoms with van der Waals surface area (Å²) in [5, 5.41) is 32.8. The number of thioether (sulfide) groups is 1. The van der Waals surface area contributed by atoms with Crippen LogP contribution in [0, 0.1) is 46.3 Å². The molecule has 2 N–H and O–H groups in total. The Morgan fingerprint density at radius 3 is 2.47 bits per heavy atom. The summed E-state index contributed by atoms with van der Waals surface area (Å²) in [6.07, 6.45) is 2.81. The van der Waals surface area contributed by atoms with Gasteiger partial charge in [0.2, 0.25) is 5.91 Å². The molecule has 11 atom stereocenters. The molecule has 0 spiro atoms. The number of aliphatic hydroxyl groups is 2. The zero-order valence-corrected chi connectivity index (χ0v) is 26.0. The van der Waals surface area contributed by atoms with E-state index in [1.54, 1.807) is 0 Å². The molecule has 1 amide bonds. The molecule has 4 aliphatic carbocycles. The second-order valence-corrected chi connectivity index (χ2v) is 14.4. The minimum atomic E-state index is -3.08. The molecule has 1 saturated heterocycles. The average molecular weight is 566 g/mol. The van der Waals surface area contributed by atoms with Crippen molar-refractivity contribution in [2.45, 2.75) is 103 Å². The maximum Gasteiger partial charge on any atom is 1.00 e. The molecule has 4 unspecified atom stereocenters. The Bertz CT molecular complexity index is 928. The van der Waals surface area contributed by atoms with Crippen molar-refractivity contribution >= 4 is 23.6 Å². The van der Waals surface area contributed by atoms with Crippen molar-refractivity contribution in [2.24, 2.45) is 46.3 Å². The van der Waals surface area contributed by atoms with Gasteiger partial charge in [-0.1, -0.05) is 20.8 Å². The molecule has 0 radical (unpaired) electrons. The number of nitrogens with zero attached hydrogens (tertiary/aromatic N) is 1. The van der Waals surface area contributed by atoms with Crippen LogP contribution in [0.15, 0.2) is 0 Å². The fourth-order valence-corrected chi connectivity index (χ4v) is 11.0. The molecule has 1 aliphatic heterocycles. The molecule has 38 heavy (non-hydrogen) atoms. The summed E-state index contributed by atoms with van der Waals surface area (Å²) in [6.45, 7) is 6.48. The number of aliphatic hydroxyl groups excluding tert-OH is 2. The first kappa shape index (κ1) is 31.0. The van der Waals surface area contributed by atoms with Gasteiger partial charge in [-0.05, 0) is 91.3 Å². The van der Waals surface area contributed by atoms with Crippen molar-refractivity contribution in [1.29, 1.82) is 0 Å². The summed E-state index contributed by atoms with van der Waals surface area (Å²) >= 11 is 1.44. The average Bonchev–Trinajstić information content (AvgIpc) is 3.44. The van der Waals surface area contributed by atoms with E-state index in [1.165, 1.54) is 16.7 Å². The predicted octanol–water partition coefficient (Wildman–Crippen LogP) is 0.294. The fraction of sp³-hybridized carbons (Fsp3) is 0.929. The number of amides is 1. The molecular formula is C28H42F2NNaO5S. The molecule has 5 aliphatic rings. The molecule has 0 aromatic rings. The van der Waals surface area contributed by atoms with Crippen molar-refractivity contribution < 1.29 is 63.2 Å². The molecule has 1 heterocycles. The summed E-state index contributed by atoms with van der Waals surface area (Å²) in [5.74, 6) is -2.78.